The lowest BCUT2D eigenvalue weighted by atomic mass is 9.99. The van der Waals surface area contributed by atoms with Crippen molar-refractivity contribution >= 4 is 0 Å². The number of hydrogen-bond acceptors (Lipinski definition) is 2. The average Bonchev–Trinajstić information content (AvgIpc) is 2.35. The van der Waals surface area contributed by atoms with Crippen LogP contribution in [-0.2, 0) is 11.3 Å². The van der Waals surface area contributed by atoms with Crippen LogP contribution in [0.4, 0.5) is 0 Å². The molecule has 1 aliphatic rings. The lowest BCUT2D eigenvalue weighted by molar-refractivity contribution is 0.0824. The molecule has 0 amide bonds. The summed E-state index contributed by atoms with van der Waals surface area (Å²) in [5, 5.41) is 3.54. The van der Waals surface area contributed by atoms with Crippen LogP contribution in [0.1, 0.15) is 30.5 Å². The Kier molecular flexibility index (Phi) is 4.14. The van der Waals surface area contributed by atoms with Crippen LogP contribution in [0, 0.1) is 0 Å². The van der Waals surface area contributed by atoms with E-state index in [-0.39, 0.29) is 0 Å². The summed E-state index contributed by atoms with van der Waals surface area (Å²) in [4.78, 5) is 0. The van der Waals surface area contributed by atoms with E-state index >= 15 is 0 Å². The average molecular weight is 217 g/mol. The predicted molar refractivity (Wildman–Crippen MR) is 66.3 cm³/mol. The third kappa shape index (κ3) is 2.71. The van der Waals surface area contributed by atoms with Crippen molar-refractivity contribution in [1.82, 2.24) is 5.32 Å². The van der Waals surface area contributed by atoms with Gasteiger partial charge < -0.3 is 10.1 Å². The minimum Gasteiger partial charge on any atom is -0.375 e. The molecule has 86 valence electrons. The molecule has 2 nitrogen and oxygen atoms in total. The highest BCUT2D eigenvalue weighted by atomic mass is 16.5. The van der Waals surface area contributed by atoms with Crippen molar-refractivity contribution in [1.29, 1.82) is 0 Å². The summed E-state index contributed by atoms with van der Waals surface area (Å²) in [5.41, 5.74) is 2.71. The second kappa shape index (κ2) is 5.83. The highest BCUT2D eigenvalue weighted by Crippen LogP contribution is 2.24. The molecule has 0 spiro atoms. The molecule has 1 atom stereocenters. The van der Waals surface area contributed by atoms with Crippen LogP contribution in [0.2, 0.25) is 0 Å². The van der Waals surface area contributed by atoms with E-state index in [1.165, 1.54) is 11.1 Å². The van der Waals surface area contributed by atoms with Crippen LogP contribution < -0.4 is 5.32 Å². The summed E-state index contributed by atoms with van der Waals surface area (Å²) in [7, 11) is 0. The Hall–Kier alpha value is -1.12. The van der Waals surface area contributed by atoms with Crippen molar-refractivity contribution < 1.29 is 4.74 Å². The molecular weight excluding hydrogens is 198 g/mol. The molecule has 1 N–H and O–H groups in total. The normalized spacial score (nSPS) is 19.9. The smallest absolute Gasteiger partial charge is 0.0721 e. The Bertz CT molecular complexity index is 360. The fourth-order valence-corrected chi connectivity index (χ4v) is 2.06. The predicted octanol–water partition coefficient (Wildman–Crippen LogP) is 2.81. The molecule has 1 aromatic carbocycles. The Balaban J connectivity index is 1.96. The molecule has 2 rings (SSSR count). The fourth-order valence-electron chi connectivity index (χ4n) is 2.06. The van der Waals surface area contributed by atoms with E-state index in [4.69, 9.17) is 4.74 Å². The van der Waals surface area contributed by atoms with Crippen molar-refractivity contribution in [3.8, 4) is 0 Å². The highest BCUT2D eigenvalue weighted by molar-refractivity contribution is 5.30. The number of benzene rings is 1. The molecule has 0 bridgehead atoms. The van der Waals surface area contributed by atoms with E-state index in [0.29, 0.717) is 6.04 Å². The van der Waals surface area contributed by atoms with Crippen LogP contribution in [-0.4, -0.2) is 13.2 Å². The Morgan fingerprint density at radius 1 is 1.44 bits per heavy atom. The second-order valence-electron chi connectivity index (χ2n) is 4.08. The third-order valence-corrected chi connectivity index (χ3v) is 2.91. The first-order valence-electron chi connectivity index (χ1n) is 5.92. The van der Waals surface area contributed by atoms with Gasteiger partial charge in [0.2, 0.25) is 0 Å². The van der Waals surface area contributed by atoms with Gasteiger partial charge in [0.1, 0.15) is 0 Å². The summed E-state index contributed by atoms with van der Waals surface area (Å²) in [6, 6.07) is 8.88. The van der Waals surface area contributed by atoms with Gasteiger partial charge in [-0.25, -0.2) is 0 Å². The molecule has 1 aliphatic heterocycles. The quantitative estimate of drug-likeness (QED) is 0.618. The van der Waals surface area contributed by atoms with Gasteiger partial charge in [0.15, 0.2) is 0 Å². The van der Waals surface area contributed by atoms with Gasteiger partial charge >= 0.3 is 0 Å². The van der Waals surface area contributed by atoms with E-state index in [9.17, 15) is 0 Å². The minimum absolute atomic E-state index is 0.357. The molecule has 1 unspecified atom stereocenters. The minimum atomic E-state index is 0.357. The molecule has 0 radical (unpaired) electrons. The largest absolute Gasteiger partial charge is 0.375 e. The molecule has 2 heteroatoms. The van der Waals surface area contributed by atoms with Gasteiger partial charge in [0.05, 0.1) is 19.3 Å². The summed E-state index contributed by atoms with van der Waals surface area (Å²) < 4.78 is 5.59. The van der Waals surface area contributed by atoms with E-state index < -0.39 is 0 Å². The number of allylic oxidation sites excluding steroid dienone is 1. The second-order valence-corrected chi connectivity index (χ2v) is 4.08. The number of hydrogen-bond donors (Lipinski definition) is 1. The first-order chi connectivity index (χ1) is 7.92. The van der Waals surface area contributed by atoms with Gasteiger partial charge in [-0.2, -0.15) is 0 Å². The molecule has 16 heavy (non-hydrogen) atoms. The molecule has 0 aliphatic carbocycles. The number of fused-ring (bicyclic) bond motifs is 1. The fraction of sp³-hybridized carbons (Fsp3) is 0.429. The molecule has 0 saturated carbocycles. The molecule has 0 aromatic heterocycles. The van der Waals surface area contributed by atoms with Crippen molar-refractivity contribution in [2.24, 2.45) is 0 Å². The van der Waals surface area contributed by atoms with Gasteiger partial charge in [0, 0.05) is 0 Å². The van der Waals surface area contributed by atoms with Gasteiger partial charge in [-0.05, 0) is 31.0 Å². The summed E-state index contributed by atoms with van der Waals surface area (Å²) >= 11 is 0. The summed E-state index contributed by atoms with van der Waals surface area (Å²) in [6.07, 6.45) is 5.35. The first kappa shape index (κ1) is 11.4. The summed E-state index contributed by atoms with van der Waals surface area (Å²) in [5.74, 6) is 0. The van der Waals surface area contributed by atoms with Crippen LogP contribution in [0.25, 0.3) is 0 Å². The Labute approximate surface area is 97.3 Å². The zero-order chi connectivity index (χ0) is 11.2. The maximum Gasteiger partial charge on any atom is 0.0721 e. The van der Waals surface area contributed by atoms with Crippen molar-refractivity contribution in [2.45, 2.75) is 26.0 Å². The Morgan fingerprint density at radius 2 is 2.31 bits per heavy atom. The van der Waals surface area contributed by atoms with Crippen molar-refractivity contribution in [2.75, 3.05) is 13.2 Å². The first-order valence-corrected chi connectivity index (χ1v) is 5.92. The Morgan fingerprint density at radius 3 is 3.19 bits per heavy atom. The zero-order valence-corrected chi connectivity index (χ0v) is 9.78. The lowest BCUT2D eigenvalue weighted by Crippen LogP contribution is -2.30. The van der Waals surface area contributed by atoms with Crippen LogP contribution in [0.3, 0.4) is 0 Å². The molecule has 1 heterocycles. The van der Waals surface area contributed by atoms with E-state index in [2.05, 4.69) is 48.7 Å². The van der Waals surface area contributed by atoms with Crippen molar-refractivity contribution in [3.05, 3.63) is 47.5 Å². The maximum atomic E-state index is 5.59. The molecule has 0 saturated heterocycles. The van der Waals surface area contributed by atoms with Crippen LogP contribution >= 0.6 is 0 Å². The molecular formula is C14H19NO. The number of rotatable bonds is 4. The van der Waals surface area contributed by atoms with Crippen LogP contribution in [0.15, 0.2) is 36.4 Å². The van der Waals surface area contributed by atoms with E-state index in [1.54, 1.807) is 0 Å². The number of nitrogens with one attached hydrogen (secondary N) is 1. The SMILES string of the molecule is C/C=C/CCNC1COCc2ccccc21. The van der Waals surface area contributed by atoms with Crippen LogP contribution in [0.5, 0.6) is 0 Å². The zero-order valence-electron chi connectivity index (χ0n) is 9.78. The topological polar surface area (TPSA) is 21.3 Å². The van der Waals surface area contributed by atoms with Gasteiger partial charge in [-0.1, -0.05) is 36.4 Å². The van der Waals surface area contributed by atoms with Gasteiger partial charge in [0.25, 0.3) is 0 Å². The van der Waals surface area contributed by atoms with Gasteiger partial charge in [-0.15, -0.1) is 0 Å². The highest BCUT2D eigenvalue weighted by Gasteiger charge is 2.18. The summed E-state index contributed by atoms with van der Waals surface area (Å²) in [6.45, 7) is 4.60. The van der Waals surface area contributed by atoms with Gasteiger partial charge in [-0.3, -0.25) is 0 Å². The van der Waals surface area contributed by atoms with Crippen molar-refractivity contribution in [3.63, 3.8) is 0 Å². The van der Waals surface area contributed by atoms with E-state index in [1.807, 2.05) is 0 Å². The number of ether oxygens (including phenoxy) is 1. The maximum absolute atomic E-state index is 5.59. The third-order valence-electron chi connectivity index (χ3n) is 2.91. The van der Waals surface area contributed by atoms with E-state index in [0.717, 1.165) is 26.2 Å². The molecule has 0 fully saturated rings. The molecule has 1 aromatic rings. The monoisotopic (exact) mass is 217 g/mol. The lowest BCUT2D eigenvalue weighted by Gasteiger charge is -2.26. The standard InChI is InChI=1S/C14H19NO/c1-2-3-6-9-15-14-11-16-10-12-7-4-5-8-13(12)14/h2-5,7-8,14-15H,6,9-11H2,1H3/b3-2+.